The van der Waals surface area contributed by atoms with E-state index >= 15 is 0 Å². The Kier molecular flexibility index (Phi) is 4.70. The summed E-state index contributed by atoms with van der Waals surface area (Å²) in [5, 5.41) is 9.54. The Labute approximate surface area is 150 Å². The third-order valence-corrected chi connectivity index (χ3v) is 5.51. The molecule has 0 saturated carbocycles. The van der Waals surface area contributed by atoms with Gasteiger partial charge in [0.15, 0.2) is 0 Å². The Morgan fingerprint density at radius 3 is 2.62 bits per heavy atom. The van der Waals surface area contributed by atoms with Gasteiger partial charge in [-0.3, -0.25) is 0 Å². The van der Waals surface area contributed by atoms with E-state index in [9.17, 15) is 5.26 Å². The number of hydrogen-bond donors (Lipinski definition) is 1. The van der Waals surface area contributed by atoms with Crippen molar-refractivity contribution in [1.29, 1.82) is 5.26 Å². The number of fused-ring (bicyclic) bond motifs is 1. The van der Waals surface area contributed by atoms with Crippen molar-refractivity contribution in [2.75, 3.05) is 18.0 Å². The summed E-state index contributed by atoms with van der Waals surface area (Å²) in [5.74, 6) is 0.628. The highest BCUT2D eigenvalue weighted by molar-refractivity contribution is 7.16. The van der Waals surface area contributed by atoms with Gasteiger partial charge in [0.25, 0.3) is 0 Å². The van der Waals surface area contributed by atoms with Crippen molar-refractivity contribution in [3.05, 3.63) is 56.6 Å². The number of hydrogen-bond acceptors (Lipinski definition) is 5. The van der Waals surface area contributed by atoms with Gasteiger partial charge < -0.3 is 15.4 Å². The zero-order valence-electron chi connectivity index (χ0n) is 13.5. The van der Waals surface area contributed by atoms with Crippen molar-refractivity contribution in [2.45, 2.75) is 19.8 Å². The first-order valence-corrected chi connectivity index (χ1v) is 9.00. The smallest absolute Gasteiger partial charge is 0.205 e. The molecule has 124 valence electrons. The van der Waals surface area contributed by atoms with Crippen LogP contribution in [0.4, 0.5) is 5.69 Å². The van der Waals surface area contributed by atoms with Gasteiger partial charge in [-0.05, 0) is 32.0 Å². The molecule has 0 bridgehead atoms. The molecule has 1 aromatic heterocycles. The van der Waals surface area contributed by atoms with Gasteiger partial charge in [-0.25, -0.2) is 0 Å². The molecule has 4 nitrogen and oxygen atoms in total. The normalized spacial score (nSPS) is 16.3. The molecule has 1 aliphatic rings. The Hall–Kier alpha value is -2.16. The SMILES string of the molecule is CCN(CC)c1ccc2c(c1)OC(N)=C(C#N)C2c1ccc(Cl)s1. The van der Waals surface area contributed by atoms with Crippen LogP contribution in [0.2, 0.25) is 4.34 Å². The van der Waals surface area contributed by atoms with Crippen LogP contribution in [0, 0.1) is 11.3 Å². The largest absolute Gasteiger partial charge is 0.440 e. The van der Waals surface area contributed by atoms with E-state index < -0.39 is 0 Å². The average Bonchev–Trinajstić information content (AvgIpc) is 3.00. The van der Waals surface area contributed by atoms with Crippen molar-refractivity contribution < 1.29 is 4.74 Å². The van der Waals surface area contributed by atoms with Gasteiger partial charge in [0.2, 0.25) is 5.88 Å². The number of nitriles is 1. The van der Waals surface area contributed by atoms with E-state index in [0.717, 1.165) is 29.2 Å². The first kappa shape index (κ1) is 16.7. The van der Waals surface area contributed by atoms with Crippen LogP contribution < -0.4 is 15.4 Å². The van der Waals surface area contributed by atoms with E-state index in [1.54, 1.807) is 0 Å². The molecule has 1 unspecified atom stereocenters. The molecule has 1 atom stereocenters. The number of nitrogens with two attached hydrogens (primary N) is 1. The number of halogens is 1. The van der Waals surface area contributed by atoms with Gasteiger partial charge in [0.1, 0.15) is 17.4 Å². The number of thiophene rings is 1. The molecule has 1 aromatic carbocycles. The molecular formula is C18H18ClN3OS. The molecule has 0 aliphatic carbocycles. The highest BCUT2D eigenvalue weighted by Gasteiger charge is 2.32. The Bertz CT molecular complexity index is 833. The molecule has 0 radical (unpaired) electrons. The lowest BCUT2D eigenvalue weighted by Crippen LogP contribution is -2.24. The molecule has 2 aromatic rings. The Morgan fingerprint density at radius 1 is 1.29 bits per heavy atom. The molecule has 0 fully saturated rings. The molecule has 0 amide bonds. The number of allylic oxidation sites excluding steroid dienone is 1. The number of benzene rings is 1. The van der Waals surface area contributed by atoms with Crippen molar-refractivity contribution in [3.8, 4) is 11.8 Å². The first-order valence-electron chi connectivity index (χ1n) is 7.80. The van der Waals surface area contributed by atoms with Gasteiger partial charge in [-0.1, -0.05) is 17.7 Å². The minimum atomic E-state index is -0.234. The maximum absolute atomic E-state index is 9.54. The van der Waals surface area contributed by atoms with Gasteiger partial charge in [0, 0.05) is 35.3 Å². The van der Waals surface area contributed by atoms with Gasteiger partial charge in [0.05, 0.1) is 10.3 Å². The lowest BCUT2D eigenvalue weighted by molar-refractivity contribution is 0.394. The fraction of sp³-hybridized carbons (Fsp3) is 0.278. The lowest BCUT2D eigenvalue weighted by atomic mass is 9.88. The molecule has 2 heterocycles. The van der Waals surface area contributed by atoms with Crippen LogP contribution in [0.15, 0.2) is 41.8 Å². The summed E-state index contributed by atoms with van der Waals surface area (Å²) in [4.78, 5) is 3.22. The fourth-order valence-corrected chi connectivity index (χ4v) is 4.20. The monoisotopic (exact) mass is 359 g/mol. The second kappa shape index (κ2) is 6.76. The summed E-state index contributed by atoms with van der Waals surface area (Å²) in [5.41, 5.74) is 8.47. The minimum absolute atomic E-state index is 0.163. The number of ether oxygens (including phenoxy) is 1. The lowest BCUT2D eigenvalue weighted by Gasteiger charge is -2.28. The van der Waals surface area contributed by atoms with E-state index in [1.807, 2.05) is 24.3 Å². The third kappa shape index (κ3) is 2.83. The van der Waals surface area contributed by atoms with Crippen LogP contribution in [0.25, 0.3) is 0 Å². The van der Waals surface area contributed by atoms with Crippen LogP contribution in [0.1, 0.15) is 30.2 Å². The van der Waals surface area contributed by atoms with Crippen molar-refractivity contribution >= 4 is 28.6 Å². The molecule has 0 spiro atoms. The summed E-state index contributed by atoms with van der Waals surface area (Å²) in [6.45, 7) is 6.05. The van der Waals surface area contributed by atoms with Gasteiger partial charge >= 0.3 is 0 Å². The molecule has 6 heteroatoms. The van der Waals surface area contributed by atoms with E-state index in [-0.39, 0.29) is 11.8 Å². The maximum atomic E-state index is 9.54. The van der Waals surface area contributed by atoms with E-state index in [4.69, 9.17) is 22.1 Å². The van der Waals surface area contributed by atoms with Crippen molar-refractivity contribution in [2.24, 2.45) is 5.73 Å². The zero-order valence-corrected chi connectivity index (χ0v) is 15.1. The first-order chi connectivity index (χ1) is 11.6. The highest BCUT2D eigenvalue weighted by atomic mass is 35.5. The number of nitrogens with zero attached hydrogens (tertiary/aromatic N) is 2. The van der Waals surface area contributed by atoms with E-state index in [2.05, 4.69) is 30.9 Å². The average molecular weight is 360 g/mol. The summed E-state index contributed by atoms with van der Waals surface area (Å²) in [7, 11) is 0. The van der Waals surface area contributed by atoms with Crippen LogP contribution >= 0.6 is 22.9 Å². The number of rotatable bonds is 4. The standard InChI is InChI=1S/C18H18ClN3OS/c1-3-22(4-2)11-5-6-12-14(9-11)23-18(21)13(10-20)17(12)15-7-8-16(19)24-15/h5-9,17H,3-4,21H2,1-2H3. The van der Waals surface area contributed by atoms with Crippen LogP contribution in [-0.4, -0.2) is 13.1 Å². The molecule has 1 aliphatic heterocycles. The van der Waals surface area contributed by atoms with Gasteiger partial charge in [-0.15, -0.1) is 11.3 Å². The summed E-state index contributed by atoms with van der Waals surface area (Å²) in [6, 6.07) is 12.0. The summed E-state index contributed by atoms with van der Waals surface area (Å²) >= 11 is 7.55. The van der Waals surface area contributed by atoms with Crippen molar-refractivity contribution in [1.82, 2.24) is 0 Å². The zero-order chi connectivity index (χ0) is 17.3. The summed E-state index contributed by atoms with van der Waals surface area (Å²) in [6.07, 6.45) is 0. The fourth-order valence-electron chi connectivity index (χ4n) is 3.01. The maximum Gasteiger partial charge on any atom is 0.205 e. The molecule has 3 rings (SSSR count). The second-order valence-corrected chi connectivity index (χ2v) is 7.21. The van der Waals surface area contributed by atoms with Gasteiger partial charge in [-0.2, -0.15) is 5.26 Å². The molecule has 2 N–H and O–H groups in total. The van der Waals surface area contributed by atoms with E-state index in [0.29, 0.717) is 15.7 Å². The van der Waals surface area contributed by atoms with Crippen molar-refractivity contribution in [3.63, 3.8) is 0 Å². The van der Waals surface area contributed by atoms with E-state index in [1.165, 1.54) is 11.3 Å². The predicted molar refractivity (Wildman–Crippen MR) is 98.6 cm³/mol. The summed E-state index contributed by atoms with van der Waals surface area (Å²) < 4.78 is 6.44. The minimum Gasteiger partial charge on any atom is -0.440 e. The molecule has 24 heavy (non-hydrogen) atoms. The third-order valence-electron chi connectivity index (χ3n) is 4.21. The molecule has 0 saturated heterocycles. The second-order valence-electron chi connectivity index (χ2n) is 5.46. The Balaban J connectivity index is 2.12. The van der Waals surface area contributed by atoms with Crippen LogP contribution in [0.5, 0.6) is 5.75 Å². The topological polar surface area (TPSA) is 62.3 Å². The predicted octanol–water partition coefficient (Wildman–Crippen LogP) is 4.47. The molecular weight excluding hydrogens is 342 g/mol. The number of anilines is 1. The van der Waals surface area contributed by atoms with Crippen LogP contribution in [0.3, 0.4) is 0 Å². The highest BCUT2D eigenvalue weighted by Crippen LogP contribution is 2.45. The van der Waals surface area contributed by atoms with Crippen LogP contribution in [-0.2, 0) is 0 Å². The Morgan fingerprint density at radius 2 is 2.04 bits per heavy atom. The quantitative estimate of drug-likeness (QED) is 0.875.